The molecular formula is C30H36N8. The Morgan fingerprint density at radius 1 is 1.05 bits per heavy atom. The van der Waals surface area contributed by atoms with Gasteiger partial charge >= 0.3 is 0 Å². The molecule has 8 heteroatoms. The number of benzene rings is 2. The lowest BCUT2D eigenvalue weighted by Gasteiger charge is -2.20. The Kier molecular flexibility index (Phi) is 6.82. The van der Waals surface area contributed by atoms with Gasteiger partial charge in [-0.2, -0.15) is 10.2 Å². The molecule has 2 aromatic carbocycles. The Morgan fingerprint density at radius 2 is 1.92 bits per heavy atom. The van der Waals surface area contributed by atoms with Crippen LogP contribution in [0.5, 0.6) is 0 Å². The molecule has 0 amide bonds. The highest BCUT2D eigenvalue weighted by atomic mass is 15.3. The number of aromatic nitrogens is 5. The number of hydrogen-bond donors (Lipinski definition) is 1. The zero-order chi connectivity index (χ0) is 26.1. The summed E-state index contributed by atoms with van der Waals surface area (Å²) < 4.78 is 3.99. The first-order valence-electron chi connectivity index (χ1n) is 13.6. The molecule has 1 aliphatic heterocycles. The second kappa shape index (κ2) is 10.6. The number of hydrogen-bond acceptors (Lipinski definition) is 6. The van der Waals surface area contributed by atoms with Gasteiger partial charge in [-0.05, 0) is 76.1 Å². The van der Waals surface area contributed by atoms with Crippen molar-refractivity contribution in [3.05, 3.63) is 78.4 Å². The molecule has 0 bridgehead atoms. The number of nitrogens with zero attached hydrogens (tertiary/aromatic N) is 7. The number of anilines is 1. The minimum Gasteiger partial charge on any atom is -0.382 e. The highest BCUT2D eigenvalue weighted by Crippen LogP contribution is 2.32. The molecule has 38 heavy (non-hydrogen) atoms. The average Bonchev–Trinajstić information content (AvgIpc) is 3.64. The molecule has 6 rings (SSSR count). The van der Waals surface area contributed by atoms with Crippen molar-refractivity contribution in [2.24, 2.45) is 0 Å². The first-order chi connectivity index (χ1) is 18.5. The molecule has 0 radical (unpaired) electrons. The monoisotopic (exact) mass is 508 g/mol. The number of likely N-dealkylation sites (tertiary alicyclic amines) is 1. The van der Waals surface area contributed by atoms with Crippen LogP contribution in [0.2, 0.25) is 0 Å². The molecule has 1 atom stereocenters. The number of rotatable bonds is 9. The van der Waals surface area contributed by atoms with Gasteiger partial charge < -0.3 is 15.5 Å². The molecular weight excluding hydrogens is 472 g/mol. The Morgan fingerprint density at radius 3 is 2.74 bits per heavy atom. The molecule has 0 spiro atoms. The third-order valence-corrected chi connectivity index (χ3v) is 7.84. The van der Waals surface area contributed by atoms with Gasteiger partial charge in [0.1, 0.15) is 11.8 Å². The van der Waals surface area contributed by atoms with Gasteiger partial charge in [0.2, 0.25) is 0 Å². The second-order valence-electron chi connectivity index (χ2n) is 10.7. The van der Waals surface area contributed by atoms with Crippen LogP contribution >= 0.6 is 0 Å². The van der Waals surface area contributed by atoms with Crippen molar-refractivity contribution in [1.29, 1.82) is 0 Å². The Balaban J connectivity index is 1.21. The van der Waals surface area contributed by atoms with E-state index in [0.717, 1.165) is 53.5 Å². The summed E-state index contributed by atoms with van der Waals surface area (Å²) in [5.41, 5.74) is 12.8. The van der Waals surface area contributed by atoms with Crippen LogP contribution in [0.15, 0.2) is 67.1 Å². The van der Waals surface area contributed by atoms with Crippen molar-refractivity contribution >= 4 is 22.2 Å². The third kappa shape index (κ3) is 5.01. The Hall–Kier alpha value is -3.75. The third-order valence-electron chi connectivity index (χ3n) is 7.84. The molecule has 1 saturated heterocycles. The number of aryl methyl sites for hydroxylation is 1. The smallest absolute Gasteiger partial charge is 0.151 e. The van der Waals surface area contributed by atoms with E-state index in [1.165, 1.54) is 37.2 Å². The van der Waals surface area contributed by atoms with E-state index in [4.69, 9.17) is 10.8 Å². The van der Waals surface area contributed by atoms with Crippen molar-refractivity contribution in [3.8, 4) is 11.1 Å². The molecule has 2 N–H and O–H groups in total. The lowest BCUT2D eigenvalue weighted by atomic mass is 10.0. The first-order valence-corrected chi connectivity index (χ1v) is 13.6. The van der Waals surface area contributed by atoms with Crippen LogP contribution in [-0.2, 0) is 13.0 Å². The summed E-state index contributed by atoms with van der Waals surface area (Å²) in [7, 11) is 4.37. The van der Waals surface area contributed by atoms with Crippen LogP contribution in [0, 0.1) is 0 Å². The van der Waals surface area contributed by atoms with Gasteiger partial charge in [-0.3, -0.25) is 4.68 Å². The van der Waals surface area contributed by atoms with E-state index in [-0.39, 0.29) is 0 Å². The predicted octanol–water partition coefficient (Wildman–Crippen LogP) is 4.34. The summed E-state index contributed by atoms with van der Waals surface area (Å²) in [5, 5.41) is 10.6. The maximum absolute atomic E-state index is 6.38. The molecule has 8 nitrogen and oxygen atoms in total. The predicted molar refractivity (Wildman–Crippen MR) is 153 cm³/mol. The lowest BCUT2D eigenvalue weighted by molar-refractivity contribution is 0.266. The van der Waals surface area contributed by atoms with Crippen molar-refractivity contribution in [1.82, 2.24) is 34.2 Å². The van der Waals surface area contributed by atoms with Crippen molar-refractivity contribution in [2.45, 2.75) is 38.3 Å². The molecule has 1 fully saturated rings. The van der Waals surface area contributed by atoms with E-state index < -0.39 is 0 Å². The number of nitrogen functional groups attached to an aromatic ring is 1. The SMILES string of the molecule is CN(C)C1CCN(CCCCc2cc(-c3ccc4cn(Cc5ccccc5)nc4c3)c3c(N)ncnn23)C1. The summed E-state index contributed by atoms with van der Waals surface area (Å²) >= 11 is 0. The first kappa shape index (κ1) is 24.6. The lowest BCUT2D eigenvalue weighted by Crippen LogP contribution is -2.31. The zero-order valence-corrected chi connectivity index (χ0v) is 22.3. The minimum absolute atomic E-state index is 0.503. The molecule has 5 aromatic rings. The van der Waals surface area contributed by atoms with Crippen LogP contribution in [0.25, 0.3) is 27.5 Å². The van der Waals surface area contributed by atoms with Gasteiger partial charge in [0.05, 0.1) is 12.1 Å². The molecule has 1 aliphatic rings. The van der Waals surface area contributed by atoms with Crippen LogP contribution in [0.4, 0.5) is 5.82 Å². The highest BCUT2D eigenvalue weighted by Gasteiger charge is 2.23. The molecule has 3 aromatic heterocycles. The van der Waals surface area contributed by atoms with Crippen molar-refractivity contribution in [2.75, 3.05) is 39.5 Å². The molecule has 4 heterocycles. The van der Waals surface area contributed by atoms with Gasteiger partial charge in [0, 0.05) is 35.4 Å². The second-order valence-corrected chi connectivity index (χ2v) is 10.7. The van der Waals surface area contributed by atoms with Crippen LogP contribution in [0.3, 0.4) is 0 Å². The summed E-state index contributed by atoms with van der Waals surface area (Å²) in [6.07, 6.45) is 8.17. The van der Waals surface area contributed by atoms with Crippen LogP contribution < -0.4 is 5.73 Å². The average molecular weight is 509 g/mol. The van der Waals surface area contributed by atoms with Crippen molar-refractivity contribution in [3.63, 3.8) is 0 Å². The molecule has 1 unspecified atom stereocenters. The van der Waals surface area contributed by atoms with Crippen molar-refractivity contribution < 1.29 is 0 Å². The van der Waals surface area contributed by atoms with Gasteiger partial charge in [0.25, 0.3) is 0 Å². The van der Waals surface area contributed by atoms with Gasteiger partial charge in [-0.1, -0.05) is 42.5 Å². The number of nitrogens with two attached hydrogens (primary N) is 1. The zero-order valence-electron chi connectivity index (χ0n) is 22.3. The standard InChI is InChI=1S/C30H36N8/c1-35(2)26-13-15-36(20-26)14-7-6-10-25-17-27(29-30(31)32-21-33-38(25)29)23-11-12-24-19-37(34-28(24)16-23)18-22-8-4-3-5-9-22/h3-5,8-9,11-12,16-17,19,21,26H,6-7,10,13-15,18,20H2,1-2H3,(H2,31,32,33). The van der Waals surface area contributed by atoms with E-state index >= 15 is 0 Å². The summed E-state index contributed by atoms with van der Waals surface area (Å²) in [6, 6.07) is 19.8. The van der Waals surface area contributed by atoms with E-state index in [1.54, 1.807) is 6.33 Å². The van der Waals surface area contributed by atoms with Gasteiger partial charge in [-0.15, -0.1) is 0 Å². The molecule has 0 aliphatic carbocycles. The normalized spacial score (nSPS) is 16.3. The molecule has 196 valence electrons. The Labute approximate surface area is 223 Å². The van der Waals surface area contributed by atoms with E-state index in [9.17, 15) is 0 Å². The largest absolute Gasteiger partial charge is 0.382 e. The van der Waals surface area contributed by atoms with Gasteiger partial charge in [0.15, 0.2) is 5.82 Å². The minimum atomic E-state index is 0.503. The van der Waals surface area contributed by atoms with Crippen LogP contribution in [0.1, 0.15) is 30.5 Å². The topological polar surface area (TPSA) is 80.5 Å². The fourth-order valence-corrected chi connectivity index (χ4v) is 5.70. The maximum Gasteiger partial charge on any atom is 0.151 e. The van der Waals surface area contributed by atoms with E-state index in [0.29, 0.717) is 11.9 Å². The molecule has 0 saturated carbocycles. The summed E-state index contributed by atoms with van der Waals surface area (Å²) in [4.78, 5) is 9.25. The fourth-order valence-electron chi connectivity index (χ4n) is 5.70. The number of unbranched alkanes of at least 4 members (excludes halogenated alkanes) is 1. The number of fused-ring (bicyclic) bond motifs is 2. The maximum atomic E-state index is 6.38. The van der Waals surface area contributed by atoms with E-state index in [2.05, 4.69) is 88.7 Å². The summed E-state index contributed by atoms with van der Waals surface area (Å²) in [6.45, 7) is 4.28. The number of likely N-dealkylation sites (N-methyl/N-ethyl adjacent to an activating group) is 1. The van der Waals surface area contributed by atoms with Gasteiger partial charge in [-0.25, -0.2) is 9.50 Å². The highest BCUT2D eigenvalue weighted by molar-refractivity contribution is 5.92. The quantitative estimate of drug-likeness (QED) is 0.299. The fraction of sp³-hybridized carbons (Fsp3) is 0.367. The summed E-state index contributed by atoms with van der Waals surface area (Å²) in [5.74, 6) is 0.503. The Bertz CT molecular complexity index is 1530. The van der Waals surface area contributed by atoms with Crippen LogP contribution in [-0.4, -0.2) is 73.9 Å². The van der Waals surface area contributed by atoms with E-state index in [1.807, 2.05) is 15.3 Å².